The van der Waals surface area contributed by atoms with Crippen LogP contribution < -0.4 is 10.6 Å². The second-order valence-electron chi connectivity index (χ2n) is 5.86. The average Bonchev–Trinajstić information content (AvgIpc) is 3.11. The molecule has 0 spiro atoms. The molecule has 2 aromatic rings. The van der Waals surface area contributed by atoms with Gasteiger partial charge < -0.3 is 15.7 Å². The molecule has 23 heavy (non-hydrogen) atoms. The van der Waals surface area contributed by atoms with Crippen LogP contribution in [0.5, 0.6) is 0 Å². The maximum Gasteiger partial charge on any atom is 0.255 e. The number of carbonyl (C=O) groups excluding carboxylic acids is 1. The van der Waals surface area contributed by atoms with Crippen molar-refractivity contribution in [3.8, 4) is 0 Å². The lowest BCUT2D eigenvalue weighted by atomic mass is 9.93. The van der Waals surface area contributed by atoms with Crippen LogP contribution in [0.25, 0.3) is 0 Å². The smallest absolute Gasteiger partial charge is 0.255 e. The summed E-state index contributed by atoms with van der Waals surface area (Å²) < 4.78 is 0. The zero-order chi connectivity index (χ0) is 16.1. The molecule has 4 nitrogen and oxygen atoms in total. The van der Waals surface area contributed by atoms with Gasteiger partial charge in [0.15, 0.2) is 0 Å². The van der Waals surface area contributed by atoms with Gasteiger partial charge in [0.25, 0.3) is 5.91 Å². The Morgan fingerprint density at radius 3 is 2.74 bits per heavy atom. The Hall–Kier alpha value is -2.17. The van der Waals surface area contributed by atoms with Crippen LogP contribution in [0.3, 0.4) is 0 Å². The molecule has 3 rings (SSSR count). The Balaban J connectivity index is 1.84. The van der Waals surface area contributed by atoms with Crippen molar-refractivity contribution in [2.24, 2.45) is 0 Å². The molecule has 0 aromatic heterocycles. The third kappa shape index (κ3) is 3.60. The lowest BCUT2D eigenvalue weighted by Crippen LogP contribution is -2.18. The number of aliphatic hydroxyl groups is 1. The summed E-state index contributed by atoms with van der Waals surface area (Å²) in [6, 6.07) is 15.4. The first kappa shape index (κ1) is 15.7. The van der Waals surface area contributed by atoms with Crippen molar-refractivity contribution in [2.45, 2.75) is 18.8 Å². The average molecular weight is 310 g/mol. The van der Waals surface area contributed by atoms with E-state index in [-0.39, 0.29) is 12.5 Å². The van der Waals surface area contributed by atoms with Crippen LogP contribution in [0, 0.1) is 0 Å². The van der Waals surface area contributed by atoms with Gasteiger partial charge in [0.05, 0.1) is 0 Å². The first-order valence-corrected chi connectivity index (χ1v) is 8.09. The second kappa shape index (κ2) is 7.40. The molecule has 1 saturated heterocycles. The van der Waals surface area contributed by atoms with Crippen molar-refractivity contribution in [1.29, 1.82) is 0 Å². The Labute approximate surface area is 136 Å². The molecule has 0 aliphatic carbocycles. The molecule has 1 amide bonds. The molecule has 0 radical (unpaired) electrons. The van der Waals surface area contributed by atoms with Crippen LogP contribution in [0.4, 0.5) is 5.69 Å². The molecule has 1 atom stereocenters. The van der Waals surface area contributed by atoms with Gasteiger partial charge in [0.1, 0.15) is 0 Å². The van der Waals surface area contributed by atoms with Gasteiger partial charge in [-0.05, 0) is 48.6 Å². The van der Waals surface area contributed by atoms with Crippen molar-refractivity contribution < 1.29 is 9.90 Å². The number of hydrogen-bond donors (Lipinski definition) is 3. The molecule has 0 unspecified atom stereocenters. The molecule has 1 fully saturated rings. The Morgan fingerprint density at radius 1 is 1.17 bits per heavy atom. The fourth-order valence-electron chi connectivity index (χ4n) is 3.15. The Kier molecular flexibility index (Phi) is 5.05. The van der Waals surface area contributed by atoms with E-state index < -0.39 is 0 Å². The zero-order valence-corrected chi connectivity index (χ0v) is 13.1. The number of hydrogen-bond acceptors (Lipinski definition) is 3. The minimum atomic E-state index is -0.0853. The van der Waals surface area contributed by atoms with Gasteiger partial charge >= 0.3 is 0 Å². The van der Waals surface area contributed by atoms with Crippen molar-refractivity contribution in [1.82, 2.24) is 5.32 Å². The van der Waals surface area contributed by atoms with Crippen LogP contribution in [0.15, 0.2) is 48.5 Å². The number of carbonyl (C=O) groups is 1. The van der Waals surface area contributed by atoms with Crippen molar-refractivity contribution in [3.05, 3.63) is 65.2 Å². The van der Waals surface area contributed by atoms with E-state index in [9.17, 15) is 4.79 Å². The van der Waals surface area contributed by atoms with Gasteiger partial charge in [-0.1, -0.05) is 36.4 Å². The number of benzene rings is 2. The Bertz CT molecular complexity index is 679. The number of nitrogens with one attached hydrogen (secondary N) is 2. The number of para-hydroxylation sites is 1. The van der Waals surface area contributed by atoms with Gasteiger partial charge in [-0.25, -0.2) is 0 Å². The van der Waals surface area contributed by atoms with Crippen LogP contribution >= 0.6 is 0 Å². The highest BCUT2D eigenvalue weighted by atomic mass is 16.3. The van der Waals surface area contributed by atoms with E-state index in [2.05, 4.69) is 10.6 Å². The highest BCUT2D eigenvalue weighted by Crippen LogP contribution is 2.26. The minimum absolute atomic E-state index is 0.0667. The van der Waals surface area contributed by atoms with Gasteiger partial charge in [-0.3, -0.25) is 4.79 Å². The fourth-order valence-corrected chi connectivity index (χ4v) is 3.15. The lowest BCUT2D eigenvalue weighted by Gasteiger charge is -2.16. The van der Waals surface area contributed by atoms with Gasteiger partial charge in [0, 0.05) is 24.4 Å². The molecule has 0 bridgehead atoms. The van der Waals surface area contributed by atoms with Crippen molar-refractivity contribution >= 4 is 11.6 Å². The summed E-state index contributed by atoms with van der Waals surface area (Å²) in [5.41, 5.74) is 3.56. The molecule has 1 aliphatic heterocycles. The number of aliphatic hydroxyl groups excluding tert-OH is 1. The molecular weight excluding hydrogens is 288 g/mol. The molecule has 3 N–H and O–H groups in total. The van der Waals surface area contributed by atoms with E-state index in [1.165, 1.54) is 0 Å². The molecule has 120 valence electrons. The largest absolute Gasteiger partial charge is 0.396 e. The van der Waals surface area contributed by atoms with Crippen LogP contribution in [-0.2, 0) is 6.42 Å². The van der Waals surface area contributed by atoms with Crippen LogP contribution in [0.2, 0.25) is 0 Å². The molecule has 1 heterocycles. The Morgan fingerprint density at radius 2 is 1.96 bits per heavy atom. The zero-order valence-electron chi connectivity index (χ0n) is 13.1. The predicted octanol–water partition coefficient (Wildman–Crippen LogP) is 2.55. The number of anilines is 1. The molecule has 1 aliphatic rings. The maximum atomic E-state index is 12.8. The summed E-state index contributed by atoms with van der Waals surface area (Å²) in [7, 11) is 0. The van der Waals surface area contributed by atoms with Crippen molar-refractivity contribution in [3.63, 3.8) is 0 Å². The minimum Gasteiger partial charge on any atom is -0.396 e. The summed E-state index contributed by atoms with van der Waals surface area (Å²) in [4.78, 5) is 12.8. The number of amides is 1. The van der Waals surface area contributed by atoms with E-state index in [0.29, 0.717) is 12.3 Å². The second-order valence-corrected chi connectivity index (χ2v) is 5.86. The van der Waals surface area contributed by atoms with E-state index in [1.807, 2.05) is 48.5 Å². The summed E-state index contributed by atoms with van der Waals surface area (Å²) >= 11 is 0. The van der Waals surface area contributed by atoms with Gasteiger partial charge in [0.2, 0.25) is 0 Å². The normalized spacial score (nSPS) is 17.2. The first-order valence-electron chi connectivity index (χ1n) is 8.09. The standard InChI is InChI=1S/C19H22N2O2/c22-12-10-14-5-1-4-8-18(14)21-19(23)17-7-3-2-6-16(17)15-9-11-20-13-15/h1-8,15,20,22H,9-13H2,(H,21,23)/t15-/m0/s1. The first-order chi connectivity index (χ1) is 11.3. The fraction of sp³-hybridized carbons (Fsp3) is 0.316. The summed E-state index contributed by atoms with van der Waals surface area (Å²) in [5, 5.41) is 15.5. The third-order valence-electron chi connectivity index (χ3n) is 4.35. The van der Waals surface area contributed by atoms with E-state index in [0.717, 1.165) is 41.9 Å². The lowest BCUT2D eigenvalue weighted by molar-refractivity contribution is 0.102. The van der Waals surface area contributed by atoms with E-state index >= 15 is 0 Å². The summed E-state index contributed by atoms with van der Waals surface area (Å²) in [6.45, 7) is 1.99. The molecular formula is C19H22N2O2. The van der Waals surface area contributed by atoms with E-state index in [1.54, 1.807) is 0 Å². The van der Waals surface area contributed by atoms with Gasteiger partial charge in [-0.2, -0.15) is 0 Å². The molecule has 4 heteroatoms. The predicted molar refractivity (Wildman–Crippen MR) is 91.9 cm³/mol. The maximum absolute atomic E-state index is 12.8. The highest BCUT2D eigenvalue weighted by molar-refractivity contribution is 6.05. The summed E-state index contributed by atoms with van der Waals surface area (Å²) in [6.07, 6.45) is 1.59. The van der Waals surface area contributed by atoms with Crippen molar-refractivity contribution in [2.75, 3.05) is 25.0 Å². The molecule has 2 aromatic carbocycles. The number of rotatable bonds is 5. The quantitative estimate of drug-likeness (QED) is 0.795. The van der Waals surface area contributed by atoms with Crippen LogP contribution in [-0.4, -0.2) is 30.7 Å². The molecule has 0 saturated carbocycles. The topological polar surface area (TPSA) is 61.4 Å². The van der Waals surface area contributed by atoms with Gasteiger partial charge in [-0.15, -0.1) is 0 Å². The third-order valence-corrected chi connectivity index (χ3v) is 4.35. The monoisotopic (exact) mass is 310 g/mol. The SMILES string of the molecule is O=C(Nc1ccccc1CCO)c1ccccc1[C@H]1CCNC1. The highest BCUT2D eigenvalue weighted by Gasteiger charge is 2.22. The van der Waals surface area contributed by atoms with E-state index in [4.69, 9.17) is 5.11 Å². The van der Waals surface area contributed by atoms with Crippen LogP contribution in [0.1, 0.15) is 33.8 Å². The summed E-state index contributed by atoms with van der Waals surface area (Å²) in [5.74, 6) is 0.308.